The number of benzene rings is 1. The van der Waals surface area contributed by atoms with Gasteiger partial charge in [-0.15, -0.1) is 10.2 Å². The predicted molar refractivity (Wildman–Crippen MR) is 78.1 cm³/mol. The summed E-state index contributed by atoms with van der Waals surface area (Å²) in [5, 5.41) is 17.8. The van der Waals surface area contributed by atoms with Crippen LogP contribution in [0.1, 0.15) is 11.3 Å². The normalized spacial score (nSPS) is 10.7. The molecule has 1 aromatic carbocycles. The van der Waals surface area contributed by atoms with E-state index in [1.54, 1.807) is 6.20 Å². The number of hydrogen-bond donors (Lipinski definition) is 2. The van der Waals surface area contributed by atoms with E-state index >= 15 is 0 Å². The highest BCUT2D eigenvalue weighted by Crippen LogP contribution is 2.24. The number of nitrogens with zero attached hydrogens (tertiary/aromatic N) is 3. The lowest BCUT2D eigenvalue weighted by molar-refractivity contribution is 0.568. The lowest BCUT2D eigenvalue weighted by Crippen LogP contribution is -2.02. The van der Waals surface area contributed by atoms with Gasteiger partial charge in [0.1, 0.15) is 0 Å². The molecule has 6 nitrogen and oxygen atoms in total. The van der Waals surface area contributed by atoms with Crippen molar-refractivity contribution in [2.24, 2.45) is 0 Å². The summed E-state index contributed by atoms with van der Waals surface area (Å²) in [6, 6.07) is 5.96. The number of anilines is 1. The van der Waals surface area contributed by atoms with Gasteiger partial charge in [-0.3, -0.25) is 5.10 Å². The summed E-state index contributed by atoms with van der Waals surface area (Å²) in [4.78, 5) is 0. The first-order chi connectivity index (χ1) is 9.74. The molecule has 0 unspecified atom stereocenters. The van der Waals surface area contributed by atoms with Crippen LogP contribution in [0.2, 0.25) is 0 Å². The maximum Gasteiger partial charge on any atom is 0.247 e. The van der Waals surface area contributed by atoms with E-state index in [4.69, 9.17) is 4.42 Å². The van der Waals surface area contributed by atoms with Gasteiger partial charge in [0.15, 0.2) is 0 Å². The molecular formula is C13H12BrN5O. The minimum absolute atomic E-state index is 0.524. The molecule has 102 valence electrons. The number of aromatic nitrogens is 4. The van der Waals surface area contributed by atoms with Gasteiger partial charge in [-0.05, 0) is 46.6 Å². The molecule has 0 aliphatic heterocycles. The Morgan fingerprint density at radius 2 is 2.30 bits per heavy atom. The standard InChI is InChI=1S/C13H12BrN5O/c1-8-4-9(13-19-17-7-20-13)2-3-11(8)15-6-12-10(14)5-16-18-12/h2-5,7,15H,6H2,1H3,(H,16,18). The fourth-order valence-electron chi connectivity index (χ4n) is 1.90. The van der Waals surface area contributed by atoms with Crippen LogP contribution in [0.15, 0.2) is 39.7 Å². The van der Waals surface area contributed by atoms with Crippen LogP contribution >= 0.6 is 15.9 Å². The average molecular weight is 334 g/mol. The highest BCUT2D eigenvalue weighted by atomic mass is 79.9. The Morgan fingerprint density at radius 3 is 2.95 bits per heavy atom. The first kappa shape index (κ1) is 12.9. The van der Waals surface area contributed by atoms with Crippen molar-refractivity contribution in [1.29, 1.82) is 0 Å². The molecule has 3 aromatic rings. The third kappa shape index (κ3) is 2.57. The van der Waals surface area contributed by atoms with E-state index in [9.17, 15) is 0 Å². The van der Waals surface area contributed by atoms with Crippen molar-refractivity contribution >= 4 is 21.6 Å². The van der Waals surface area contributed by atoms with Crippen molar-refractivity contribution in [3.63, 3.8) is 0 Å². The highest BCUT2D eigenvalue weighted by molar-refractivity contribution is 9.10. The first-order valence-electron chi connectivity index (χ1n) is 6.03. The van der Waals surface area contributed by atoms with E-state index < -0.39 is 0 Å². The number of aryl methyl sites for hydroxylation is 1. The van der Waals surface area contributed by atoms with Gasteiger partial charge in [-0.25, -0.2) is 0 Å². The van der Waals surface area contributed by atoms with Crippen LogP contribution in [0.5, 0.6) is 0 Å². The van der Waals surface area contributed by atoms with Crippen LogP contribution in [0, 0.1) is 6.92 Å². The van der Waals surface area contributed by atoms with E-state index in [1.165, 1.54) is 6.39 Å². The predicted octanol–water partition coefficient (Wildman–Crippen LogP) is 3.14. The summed E-state index contributed by atoms with van der Waals surface area (Å²) < 4.78 is 6.15. The summed E-state index contributed by atoms with van der Waals surface area (Å²) in [6.45, 7) is 2.70. The van der Waals surface area contributed by atoms with Crippen molar-refractivity contribution in [2.45, 2.75) is 13.5 Å². The van der Waals surface area contributed by atoms with E-state index in [1.807, 2.05) is 25.1 Å². The SMILES string of the molecule is Cc1cc(-c2nnco2)ccc1NCc1[nH]ncc1Br. The molecule has 0 spiro atoms. The Morgan fingerprint density at radius 1 is 1.40 bits per heavy atom. The zero-order chi connectivity index (χ0) is 13.9. The van der Waals surface area contributed by atoms with Crippen LogP contribution in [0.3, 0.4) is 0 Å². The molecule has 0 saturated carbocycles. The smallest absolute Gasteiger partial charge is 0.247 e. The van der Waals surface area contributed by atoms with E-state index in [2.05, 4.69) is 41.6 Å². The Bertz CT molecular complexity index is 707. The maximum atomic E-state index is 5.19. The van der Waals surface area contributed by atoms with Crippen molar-refractivity contribution in [3.05, 3.63) is 46.5 Å². The summed E-state index contributed by atoms with van der Waals surface area (Å²) >= 11 is 3.43. The molecule has 0 amide bonds. The molecule has 20 heavy (non-hydrogen) atoms. The molecule has 2 aromatic heterocycles. The van der Waals surface area contributed by atoms with Crippen LogP contribution in [-0.4, -0.2) is 20.4 Å². The molecule has 0 saturated heterocycles. The molecule has 3 rings (SSSR count). The van der Waals surface area contributed by atoms with Crippen LogP contribution in [-0.2, 0) is 6.54 Å². The van der Waals surface area contributed by atoms with Crippen molar-refractivity contribution in [2.75, 3.05) is 5.32 Å². The van der Waals surface area contributed by atoms with E-state index in [0.717, 1.165) is 27.0 Å². The molecule has 0 aliphatic rings. The van der Waals surface area contributed by atoms with Gasteiger partial charge >= 0.3 is 0 Å². The molecule has 0 fully saturated rings. The Labute approximate surface area is 123 Å². The van der Waals surface area contributed by atoms with Gasteiger partial charge < -0.3 is 9.73 Å². The maximum absolute atomic E-state index is 5.19. The molecule has 7 heteroatoms. The average Bonchev–Trinajstić information content (AvgIpc) is 3.09. The highest BCUT2D eigenvalue weighted by Gasteiger charge is 2.07. The van der Waals surface area contributed by atoms with Gasteiger partial charge in [0, 0.05) is 11.3 Å². The second kappa shape index (κ2) is 5.46. The van der Waals surface area contributed by atoms with Gasteiger partial charge in [0.05, 0.1) is 22.9 Å². The largest absolute Gasteiger partial charge is 0.423 e. The second-order valence-electron chi connectivity index (χ2n) is 4.32. The lowest BCUT2D eigenvalue weighted by atomic mass is 10.1. The minimum atomic E-state index is 0.524. The monoisotopic (exact) mass is 333 g/mol. The summed E-state index contributed by atoms with van der Waals surface area (Å²) in [6.07, 6.45) is 3.06. The van der Waals surface area contributed by atoms with Gasteiger partial charge in [-0.2, -0.15) is 5.10 Å². The van der Waals surface area contributed by atoms with E-state index in [-0.39, 0.29) is 0 Å². The molecule has 2 N–H and O–H groups in total. The topological polar surface area (TPSA) is 79.6 Å². The number of nitrogens with one attached hydrogen (secondary N) is 2. The van der Waals surface area contributed by atoms with Gasteiger partial charge in [0.25, 0.3) is 0 Å². The third-order valence-corrected chi connectivity index (χ3v) is 3.64. The molecule has 0 atom stereocenters. The van der Waals surface area contributed by atoms with E-state index in [0.29, 0.717) is 12.4 Å². The van der Waals surface area contributed by atoms with Crippen LogP contribution in [0.25, 0.3) is 11.5 Å². The van der Waals surface area contributed by atoms with Crippen LogP contribution in [0.4, 0.5) is 5.69 Å². The molecule has 2 heterocycles. The number of rotatable bonds is 4. The molecular weight excluding hydrogens is 322 g/mol. The van der Waals surface area contributed by atoms with Crippen LogP contribution < -0.4 is 5.32 Å². The third-order valence-electron chi connectivity index (χ3n) is 2.95. The summed E-state index contributed by atoms with van der Waals surface area (Å²) in [5.41, 5.74) is 4.07. The first-order valence-corrected chi connectivity index (χ1v) is 6.82. The lowest BCUT2D eigenvalue weighted by Gasteiger charge is -2.09. The Hall–Kier alpha value is -2.15. The number of H-pyrrole nitrogens is 1. The second-order valence-corrected chi connectivity index (χ2v) is 5.18. The molecule has 0 radical (unpaired) electrons. The van der Waals surface area contributed by atoms with Crippen molar-refractivity contribution in [1.82, 2.24) is 20.4 Å². The Balaban J connectivity index is 1.76. The quantitative estimate of drug-likeness (QED) is 0.766. The zero-order valence-electron chi connectivity index (χ0n) is 10.7. The summed E-state index contributed by atoms with van der Waals surface area (Å²) in [7, 11) is 0. The van der Waals surface area contributed by atoms with Gasteiger partial charge in [0.2, 0.25) is 12.3 Å². The zero-order valence-corrected chi connectivity index (χ0v) is 12.3. The van der Waals surface area contributed by atoms with Crippen molar-refractivity contribution < 1.29 is 4.42 Å². The number of hydrogen-bond acceptors (Lipinski definition) is 5. The molecule has 0 bridgehead atoms. The van der Waals surface area contributed by atoms with Crippen molar-refractivity contribution in [3.8, 4) is 11.5 Å². The number of halogens is 1. The van der Waals surface area contributed by atoms with Gasteiger partial charge in [-0.1, -0.05) is 0 Å². The number of aromatic amines is 1. The minimum Gasteiger partial charge on any atom is -0.423 e. The summed E-state index contributed by atoms with van der Waals surface area (Å²) in [5.74, 6) is 0.524. The Kier molecular flexibility index (Phi) is 3.51. The fourth-order valence-corrected chi connectivity index (χ4v) is 2.23. The molecule has 0 aliphatic carbocycles. The fraction of sp³-hybridized carbons (Fsp3) is 0.154.